The van der Waals surface area contributed by atoms with E-state index in [4.69, 9.17) is 18.9 Å². The highest BCUT2D eigenvalue weighted by Gasteiger charge is 2.13. The second kappa shape index (κ2) is 10.6. The molecular formula is C22H29N3O4. The fourth-order valence-corrected chi connectivity index (χ4v) is 2.91. The Hall–Kier alpha value is -2.93. The first-order valence-corrected chi connectivity index (χ1v) is 9.81. The maximum atomic E-state index is 5.87. The number of nitrogens with zero attached hydrogens (tertiary/aromatic N) is 1. The summed E-state index contributed by atoms with van der Waals surface area (Å²) in [5, 5.41) is 6.66. The van der Waals surface area contributed by atoms with Gasteiger partial charge in [-0.2, -0.15) is 0 Å². The highest BCUT2D eigenvalue weighted by molar-refractivity contribution is 5.79. The van der Waals surface area contributed by atoms with Gasteiger partial charge >= 0.3 is 0 Å². The zero-order valence-corrected chi connectivity index (χ0v) is 17.3. The number of ether oxygens (including phenoxy) is 4. The van der Waals surface area contributed by atoms with Crippen LogP contribution in [0.25, 0.3) is 0 Å². The van der Waals surface area contributed by atoms with Gasteiger partial charge in [0, 0.05) is 25.8 Å². The molecule has 156 valence electrons. The van der Waals surface area contributed by atoms with Gasteiger partial charge < -0.3 is 29.6 Å². The molecule has 29 heavy (non-hydrogen) atoms. The Labute approximate surface area is 172 Å². The minimum atomic E-state index is 0.275. The average molecular weight is 399 g/mol. The number of nitrogens with one attached hydrogen (secondary N) is 2. The van der Waals surface area contributed by atoms with Crippen molar-refractivity contribution in [3.05, 3.63) is 53.1 Å². The summed E-state index contributed by atoms with van der Waals surface area (Å²) in [4.78, 5) is 4.68. The molecule has 2 N–H and O–H groups in total. The van der Waals surface area contributed by atoms with Crippen molar-refractivity contribution in [3.8, 4) is 17.2 Å². The predicted octanol–water partition coefficient (Wildman–Crippen LogP) is 3.00. The summed E-state index contributed by atoms with van der Waals surface area (Å²) < 4.78 is 21.7. The first kappa shape index (κ1) is 20.8. The van der Waals surface area contributed by atoms with Crippen LogP contribution in [-0.2, 0) is 17.8 Å². The number of methoxy groups -OCH3 is 1. The summed E-state index contributed by atoms with van der Waals surface area (Å²) in [7, 11) is 1.67. The third-order valence-corrected chi connectivity index (χ3v) is 4.41. The molecule has 0 unspecified atom stereocenters. The summed E-state index contributed by atoms with van der Waals surface area (Å²) in [5.41, 5.74) is 3.29. The molecule has 0 amide bonds. The van der Waals surface area contributed by atoms with Gasteiger partial charge in [0.15, 0.2) is 17.5 Å². The maximum Gasteiger partial charge on any atom is 0.231 e. The SMILES string of the molecule is CCNC(=NCc1ccc2c(c1)OCO2)NCc1ccc(C)cc1OCCOC. The molecule has 1 aliphatic rings. The molecule has 0 bridgehead atoms. The predicted molar refractivity (Wildman–Crippen MR) is 113 cm³/mol. The van der Waals surface area contributed by atoms with Gasteiger partial charge in [0.25, 0.3) is 0 Å². The highest BCUT2D eigenvalue weighted by Crippen LogP contribution is 2.32. The van der Waals surface area contributed by atoms with E-state index in [2.05, 4.69) is 34.7 Å². The summed E-state index contributed by atoms with van der Waals surface area (Å²) >= 11 is 0. The summed E-state index contributed by atoms with van der Waals surface area (Å²) in [6, 6.07) is 12.1. The fraction of sp³-hybridized carbons (Fsp3) is 0.409. The number of aliphatic imine (C=N–C) groups is 1. The topological polar surface area (TPSA) is 73.3 Å². The number of hydrogen-bond acceptors (Lipinski definition) is 5. The minimum Gasteiger partial charge on any atom is -0.491 e. The van der Waals surface area contributed by atoms with Crippen LogP contribution in [0.2, 0.25) is 0 Å². The zero-order chi connectivity index (χ0) is 20.5. The molecule has 0 spiro atoms. The van der Waals surface area contributed by atoms with Crippen molar-refractivity contribution in [1.82, 2.24) is 10.6 Å². The van der Waals surface area contributed by atoms with Crippen LogP contribution in [0, 0.1) is 6.92 Å². The Bertz CT molecular complexity index is 839. The van der Waals surface area contributed by atoms with Crippen molar-refractivity contribution < 1.29 is 18.9 Å². The van der Waals surface area contributed by atoms with Gasteiger partial charge in [-0.25, -0.2) is 4.99 Å². The molecule has 7 heteroatoms. The normalized spacial score (nSPS) is 12.7. The van der Waals surface area contributed by atoms with E-state index in [0.717, 1.165) is 46.4 Å². The molecule has 2 aromatic rings. The quantitative estimate of drug-likeness (QED) is 0.384. The molecule has 1 heterocycles. The standard InChI is InChI=1S/C22H29N3O4/c1-4-23-22(24-13-17-6-8-19-21(12-17)29-15-28-19)25-14-18-7-5-16(2)11-20(18)27-10-9-26-3/h5-8,11-12H,4,9-10,13-15H2,1-3H3,(H2,23,24,25). The molecule has 0 saturated carbocycles. The average Bonchev–Trinajstić information content (AvgIpc) is 3.19. The molecule has 0 aromatic heterocycles. The van der Waals surface area contributed by atoms with Gasteiger partial charge in [0.2, 0.25) is 6.79 Å². The summed E-state index contributed by atoms with van der Waals surface area (Å²) in [5.74, 6) is 3.16. The van der Waals surface area contributed by atoms with Gasteiger partial charge in [-0.1, -0.05) is 18.2 Å². The van der Waals surface area contributed by atoms with E-state index in [1.54, 1.807) is 7.11 Å². The van der Waals surface area contributed by atoms with Crippen LogP contribution in [0.1, 0.15) is 23.6 Å². The van der Waals surface area contributed by atoms with Crippen LogP contribution in [0.15, 0.2) is 41.4 Å². The second-order valence-corrected chi connectivity index (χ2v) is 6.69. The van der Waals surface area contributed by atoms with Gasteiger partial charge in [-0.05, 0) is 43.2 Å². The van der Waals surface area contributed by atoms with E-state index in [1.807, 2.05) is 31.2 Å². The van der Waals surface area contributed by atoms with Crippen molar-refractivity contribution in [2.24, 2.45) is 4.99 Å². The lowest BCUT2D eigenvalue weighted by atomic mass is 10.1. The largest absolute Gasteiger partial charge is 0.491 e. The number of fused-ring (bicyclic) bond motifs is 1. The fourth-order valence-electron chi connectivity index (χ4n) is 2.91. The third-order valence-electron chi connectivity index (χ3n) is 4.41. The molecule has 0 radical (unpaired) electrons. The van der Waals surface area contributed by atoms with Crippen LogP contribution in [-0.4, -0.2) is 39.6 Å². The van der Waals surface area contributed by atoms with Crippen molar-refractivity contribution in [2.75, 3.05) is 33.7 Å². The van der Waals surface area contributed by atoms with E-state index < -0.39 is 0 Å². The van der Waals surface area contributed by atoms with Gasteiger partial charge in [-0.3, -0.25) is 0 Å². The Morgan fingerprint density at radius 1 is 1.07 bits per heavy atom. The van der Waals surface area contributed by atoms with E-state index in [-0.39, 0.29) is 6.79 Å². The summed E-state index contributed by atoms with van der Waals surface area (Å²) in [6.45, 7) is 7.37. The van der Waals surface area contributed by atoms with Crippen LogP contribution in [0.5, 0.6) is 17.2 Å². The van der Waals surface area contributed by atoms with Crippen LogP contribution < -0.4 is 24.8 Å². The molecule has 0 fully saturated rings. The van der Waals surface area contributed by atoms with Crippen molar-refractivity contribution >= 4 is 5.96 Å². The first-order valence-electron chi connectivity index (χ1n) is 9.81. The number of hydrogen-bond donors (Lipinski definition) is 2. The highest BCUT2D eigenvalue weighted by atomic mass is 16.7. The lowest BCUT2D eigenvalue weighted by Gasteiger charge is -2.15. The number of guanidine groups is 1. The molecule has 3 rings (SSSR count). The lowest BCUT2D eigenvalue weighted by Crippen LogP contribution is -2.36. The third kappa shape index (κ3) is 6.02. The number of aryl methyl sites for hydroxylation is 1. The minimum absolute atomic E-state index is 0.275. The number of rotatable bonds is 9. The van der Waals surface area contributed by atoms with E-state index in [0.29, 0.717) is 26.3 Å². The Balaban J connectivity index is 1.64. The Morgan fingerprint density at radius 2 is 1.93 bits per heavy atom. The van der Waals surface area contributed by atoms with E-state index >= 15 is 0 Å². The Morgan fingerprint density at radius 3 is 2.76 bits per heavy atom. The zero-order valence-electron chi connectivity index (χ0n) is 17.3. The van der Waals surface area contributed by atoms with Crippen LogP contribution >= 0.6 is 0 Å². The molecule has 0 saturated heterocycles. The Kier molecular flexibility index (Phi) is 7.58. The van der Waals surface area contributed by atoms with Crippen molar-refractivity contribution in [3.63, 3.8) is 0 Å². The van der Waals surface area contributed by atoms with Crippen molar-refractivity contribution in [2.45, 2.75) is 26.9 Å². The summed E-state index contributed by atoms with van der Waals surface area (Å²) in [6.07, 6.45) is 0. The maximum absolute atomic E-state index is 5.87. The lowest BCUT2D eigenvalue weighted by molar-refractivity contribution is 0.145. The van der Waals surface area contributed by atoms with Gasteiger partial charge in [0.05, 0.1) is 13.2 Å². The molecular weight excluding hydrogens is 370 g/mol. The molecule has 0 atom stereocenters. The molecule has 2 aromatic carbocycles. The first-order chi connectivity index (χ1) is 14.2. The second-order valence-electron chi connectivity index (χ2n) is 6.69. The van der Waals surface area contributed by atoms with Crippen molar-refractivity contribution in [1.29, 1.82) is 0 Å². The van der Waals surface area contributed by atoms with Crippen LogP contribution in [0.3, 0.4) is 0 Å². The molecule has 0 aliphatic carbocycles. The van der Waals surface area contributed by atoms with Crippen LogP contribution in [0.4, 0.5) is 0 Å². The molecule has 1 aliphatic heterocycles. The molecule has 7 nitrogen and oxygen atoms in total. The van der Waals surface area contributed by atoms with E-state index in [9.17, 15) is 0 Å². The monoisotopic (exact) mass is 399 g/mol. The van der Waals surface area contributed by atoms with E-state index in [1.165, 1.54) is 0 Å². The smallest absolute Gasteiger partial charge is 0.231 e. The van der Waals surface area contributed by atoms with Gasteiger partial charge in [-0.15, -0.1) is 0 Å². The van der Waals surface area contributed by atoms with Gasteiger partial charge in [0.1, 0.15) is 12.4 Å². The number of benzene rings is 2.